The molecule has 0 saturated heterocycles. The van der Waals surface area contributed by atoms with Gasteiger partial charge in [-0.3, -0.25) is 18.6 Å². The highest BCUT2D eigenvalue weighted by Gasteiger charge is 2.32. The Balaban J connectivity index is 4.44. The minimum absolute atomic E-state index is 0.153. The van der Waals surface area contributed by atoms with E-state index in [-0.39, 0.29) is 19.4 Å². The first-order valence-electron chi connectivity index (χ1n) is 22.2. The van der Waals surface area contributed by atoms with Crippen molar-refractivity contribution in [2.75, 3.05) is 26.4 Å². The lowest BCUT2D eigenvalue weighted by atomic mass is 10.0. The molecule has 0 aromatic rings. The summed E-state index contributed by atoms with van der Waals surface area (Å²) in [4.78, 5) is 35.3. The van der Waals surface area contributed by atoms with Gasteiger partial charge in [0.15, 0.2) is 6.10 Å². The van der Waals surface area contributed by atoms with Crippen molar-refractivity contribution in [1.82, 2.24) is 0 Å². The van der Waals surface area contributed by atoms with Gasteiger partial charge in [0, 0.05) is 12.8 Å². The van der Waals surface area contributed by atoms with Crippen LogP contribution >= 0.6 is 7.82 Å². The molecule has 0 aromatic heterocycles. The van der Waals surface area contributed by atoms with Gasteiger partial charge in [-0.1, -0.05) is 167 Å². The van der Waals surface area contributed by atoms with Gasteiger partial charge < -0.3 is 29.7 Å². The molecule has 12 heteroatoms. The van der Waals surface area contributed by atoms with Crippen LogP contribution in [-0.4, -0.2) is 76.9 Å². The van der Waals surface area contributed by atoms with E-state index >= 15 is 0 Å². The van der Waals surface area contributed by atoms with Crippen molar-refractivity contribution >= 4 is 19.8 Å². The van der Waals surface area contributed by atoms with Crippen LogP contribution in [0.25, 0.3) is 0 Å². The first kappa shape index (κ1) is 53.7. The molecule has 0 amide bonds. The number of aliphatic hydroxyl groups excluding tert-OH is 3. The molecule has 1 unspecified atom stereocenters. The molecule has 0 spiro atoms. The number of ether oxygens (including phenoxy) is 2. The van der Waals surface area contributed by atoms with Crippen LogP contribution in [0.5, 0.6) is 0 Å². The number of hydrogen-bond acceptors (Lipinski definition) is 10. The largest absolute Gasteiger partial charge is 0.472 e. The van der Waals surface area contributed by atoms with Crippen LogP contribution in [0.1, 0.15) is 206 Å². The topological polar surface area (TPSA) is 169 Å². The first-order chi connectivity index (χ1) is 26.7. The van der Waals surface area contributed by atoms with Gasteiger partial charge in [-0.2, -0.15) is 0 Å². The lowest BCUT2D eigenvalue weighted by Gasteiger charge is -2.24. The summed E-state index contributed by atoms with van der Waals surface area (Å²) in [6, 6.07) is 0. The molecular formula is C43H83O11P. The first-order valence-corrected chi connectivity index (χ1v) is 23.7. The van der Waals surface area contributed by atoms with Gasteiger partial charge in [0.25, 0.3) is 0 Å². The number of unbranched alkanes of at least 4 members (excludes halogenated alkanes) is 25. The van der Waals surface area contributed by atoms with E-state index in [4.69, 9.17) is 23.6 Å². The number of phosphoric acid groups is 1. The zero-order chi connectivity index (χ0) is 40.7. The maximum atomic E-state index is 12.7. The Kier molecular flexibility index (Phi) is 38.5. The van der Waals surface area contributed by atoms with Crippen LogP contribution in [0.2, 0.25) is 0 Å². The van der Waals surface area contributed by atoms with E-state index in [9.17, 15) is 29.3 Å². The summed E-state index contributed by atoms with van der Waals surface area (Å²) >= 11 is 0. The molecule has 11 nitrogen and oxygen atoms in total. The summed E-state index contributed by atoms with van der Waals surface area (Å²) < 4.78 is 33.1. The molecule has 0 aliphatic carbocycles. The number of allylic oxidation sites excluding steroid dienone is 2. The van der Waals surface area contributed by atoms with Crippen molar-refractivity contribution < 1.29 is 52.9 Å². The summed E-state index contributed by atoms with van der Waals surface area (Å²) in [6.07, 6.45) is 33.6. The van der Waals surface area contributed by atoms with E-state index in [0.717, 1.165) is 51.4 Å². The SMILES string of the molecule is CCCCCCC/C=C\CCCCCCCCC(=O)OC[C@H](COP(=O)(O)O[C@H](CO)[C@H](O)CO)OC(=O)CCCCCCCCCCCCCCCCC. The smallest absolute Gasteiger partial charge is 0.462 e. The molecule has 0 rings (SSSR count). The highest BCUT2D eigenvalue weighted by molar-refractivity contribution is 7.47. The normalized spacial score (nSPS) is 14.5. The van der Waals surface area contributed by atoms with Gasteiger partial charge in [0.2, 0.25) is 0 Å². The summed E-state index contributed by atoms with van der Waals surface area (Å²) in [7, 11) is -4.84. The Morgan fingerprint density at radius 2 is 0.964 bits per heavy atom. The molecule has 55 heavy (non-hydrogen) atoms. The number of carbonyl (C=O) groups excluding carboxylic acids is 2. The van der Waals surface area contributed by atoms with Crippen LogP contribution < -0.4 is 0 Å². The van der Waals surface area contributed by atoms with Gasteiger partial charge in [-0.05, 0) is 38.5 Å². The van der Waals surface area contributed by atoms with Crippen LogP contribution in [-0.2, 0) is 32.7 Å². The second-order valence-electron chi connectivity index (χ2n) is 15.2. The molecule has 0 bridgehead atoms. The molecule has 0 aliphatic rings. The second kappa shape index (κ2) is 39.5. The number of carbonyl (C=O) groups is 2. The minimum atomic E-state index is -4.84. The standard InChI is InChI=1S/C43H83O11P/c1-3-5-7-9-11-13-15-17-19-21-23-25-27-29-31-33-42(47)51-37-39(38-52-55(49,50)54-41(36-45)40(46)35-44)53-43(48)34-32-30-28-26-24-22-20-18-16-14-12-10-8-6-4-2/h15,17,39-41,44-46H,3-14,16,18-38H2,1-2H3,(H,49,50)/b17-15-/t39-,40-,41-/m1/s1. The fourth-order valence-corrected chi connectivity index (χ4v) is 7.29. The average Bonchev–Trinajstić information content (AvgIpc) is 3.17. The zero-order valence-corrected chi connectivity index (χ0v) is 35.9. The third-order valence-electron chi connectivity index (χ3n) is 9.84. The third kappa shape index (κ3) is 36.7. The van der Waals surface area contributed by atoms with Crippen molar-refractivity contribution in [3.8, 4) is 0 Å². The number of esters is 2. The number of rotatable bonds is 42. The molecule has 0 fully saturated rings. The van der Waals surface area contributed by atoms with Gasteiger partial charge in [0.1, 0.15) is 18.8 Å². The third-order valence-corrected chi connectivity index (χ3v) is 10.9. The molecule has 4 atom stereocenters. The predicted octanol–water partition coefficient (Wildman–Crippen LogP) is 10.6. The van der Waals surface area contributed by atoms with E-state index in [2.05, 4.69) is 26.0 Å². The molecule has 0 radical (unpaired) electrons. The van der Waals surface area contributed by atoms with Crippen LogP contribution in [0.4, 0.5) is 0 Å². The zero-order valence-electron chi connectivity index (χ0n) is 35.0. The predicted molar refractivity (Wildman–Crippen MR) is 221 cm³/mol. The fraction of sp³-hybridized carbons (Fsp3) is 0.907. The highest BCUT2D eigenvalue weighted by atomic mass is 31.2. The summed E-state index contributed by atoms with van der Waals surface area (Å²) in [5.74, 6) is -0.993. The number of phosphoric ester groups is 1. The lowest BCUT2D eigenvalue weighted by molar-refractivity contribution is -0.161. The van der Waals surface area contributed by atoms with E-state index in [1.807, 2.05) is 0 Å². The van der Waals surface area contributed by atoms with E-state index in [1.165, 1.54) is 116 Å². The van der Waals surface area contributed by atoms with Crippen molar-refractivity contribution in [3.63, 3.8) is 0 Å². The molecule has 4 N–H and O–H groups in total. The summed E-state index contributed by atoms with van der Waals surface area (Å²) in [5, 5.41) is 28.2. The van der Waals surface area contributed by atoms with E-state index in [1.54, 1.807) is 0 Å². The van der Waals surface area contributed by atoms with Crippen molar-refractivity contribution in [3.05, 3.63) is 12.2 Å². The molecule has 0 aromatic carbocycles. The van der Waals surface area contributed by atoms with Crippen LogP contribution in [0.3, 0.4) is 0 Å². The van der Waals surface area contributed by atoms with E-state index < -0.39 is 57.9 Å². The minimum Gasteiger partial charge on any atom is -0.462 e. The maximum absolute atomic E-state index is 12.7. The maximum Gasteiger partial charge on any atom is 0.472 e. The Morgan fingerprint density at radius 3 is 1.38 bits per heavy atom. The number of aliphatic hydroxyl groups is 3. The van der Waals surface area contributed by atoms with E-state index in [0.29, 0.717) is 12.8 Å². The monoisotopic (exact) mass is 807 g/mol. The Hall–Kier alpha value is -1.33. The Labute approximate surface area is 335 Å². The van der Waals surface area contributed by atoms with Crippen LogP contribution in [0.15, 0.2) is 12.2 Å². The van der Waals surface area contributed by atoms with Crippen molar-refractivity contribution in [2.45, 2.75) is 225 Å². The molecule has 326 valence electrons. The molecule has 0 saturated carbocycles. The number of hydrogen-bond donors (Lipinski definition) is 4. The van der Waals surface area contributed by atoms with Gasteiger partial charge in [-0.15, -0.1) is 0 Å². The van der Waals surface area contributed by atoms with Crippen molar-refractivity contribution in [1.29, 1.82) is 0 Å². The Morgan fingerprint density at radius 1 is 0.564 bits per heavy atom. The highest BCUT2D eigenvalue weighted by Crippen LogP contribution is 2.45. The molecule has 0 heterocycles. The summed E-state index contributed by atoms with van der Waals surface area (Å²) in [6.45, 7) is 1.85. The Bertz CT molecular complexity index is 948. The summed E-state index contributed by atoms with van der Waals surface area (Å²) in [5.41, 5.74) is 0. The average molecular weight is 807 g/mol. The van der Waals surface area contributed by atoms with Gasteiger partial charge >= 0.3 is 19.8 Å². The second-order valence-corrected chi connectivity index (χ2v) is 16.6. The quantitative estimate of drug-likeness (QED) is 0.0200. The lowest BCUT2D eigenvalue weighted by Crippen LogP contribution is -2.35. The fourth-order valence-electron chi connectivity index (χ4n) is 6.32. The molecule has 0 aliphatic heterocycles. The molecular weight excluding hydrogens is 723 g/mol. The van der Waals surface area contributed by atoms with Gasteiger partial charge in [-0.25, -0.2) is 4.57 Å². The van der Waals surface area contributed by atoms with Gasteiger partial charge in [0.05, 0.1) is 19.8 Å². The van der Waals surface area contributed by atoms with Crippen LogP contribution in [0, 0.1) is 0 Å². The van der Waals surface area contributed by atoms with Crippen molar-refractivity contribution in [2.24, 2.45) is 0 Å².